The summed E-state index contributed by atoms with van der Waals surface area (Å²) >= 11 is 5.17. The van der Waals surface area contributed by atoms with E-state index in [0.29, 0.717) is 27.6 Å². The number of halogens is 1. The second kappa shape index (κ2) is 6.32. The van der Waals surface area contributed by atoms with Gasteiger partial charge in [0.05, 0.1) is 0 Å². The molecule has 0 aliphatic heterocycles. The van der Waals surface area contributed by atoms with E-state index in [0.717, 1.165) is 0 Å². The van der Waals surface area contributed by atoms with Crippen LogP contribution in [0.3, 0.4) is 0 Å². The molecule has 0 saturated heterocycles. The first-order valence-electron chi connectivity index (χ1n) is 6.20. The van der Waals surface area contributed by atoms with Crippen molar-refractivity contribution >= 4 is 34.6 Å². The molecule has 0 aliphatic carbocycles. The van der Waals surface area contributed by atoms with Crippen LogP contribution in [0.2, 0.25) is 0 Å². The Hall–Kier alpha value is -2.47. The van der Waals surface area contributed by atoms with Gasteiger partial charge in [0.2, 0.25) is 5.91 Å². The molecule has 6 heteroatoms. The van der Waals surface area contributed by atoms with Crippen LogP contribution in [-0.2, 0) is 0 Å². The fourth-order valence-electron chi connectivity index (χ4n) is 1.75. The molecule has 0 aromatic heterocycles. The fraction of sp³-hybridized carbons (Fsp3) is 0.0667. The zero-order chi connectivity index (χ0) is 15.4. The number of primary amides is 1. The van der Waals surface area contributed by atoms with Crippen LogP contribution in [-0.4, -0.2) is 11.0 Å². The quantitative estimate of drug-likeness (QED) is 0.762. The number of thiocarbonyl (C=S) groups is 1. The molecule has 0 bridgehead atoms. The SMILES string of the molecule is Cc1c(F)cccc1NC(=S)Nc1ccc(C(N)=O)cc1. The summed E-state index contributed by atoms with van der Waals surface area (Å²) in [6.45, 7) is 1.67. The average molecular weight is 303 g/mol. The Kier molecular flexibility index (Phi) is 4.49. The molecule has 4 nitrogen and oxygen atoms in total. The number of benzene rings is 2. The van der Waals surface area contributed by atoms with Crippen LogP contribution in [0, 0.1) is 12.7 Å². The third kappa shape index (κ3) is 3.76. The standard InChI is InChI=1S/C15H14FN3OS/c1-9-12(16)3-2-4-13(9)19-15(21)18-11-7-5-10(6-8-11)14(17)20/h2-8H,1H3,(H2,17,20)(H2,18,19,21). The Bertz CT molecular complexity index is 686. The van der Waals surface area contributed by atoms with Crippen LogP contribution in [0.15, 0.2) is 42.5 Å². The summed E-state index contributed by atoms with van der Waals surface area (Å²) < 4.78 is 13.4. The molecule has 2 rings (SSSR count). The molecule has 0 unspecified atom stereocenters. The minimum absolute atomic E-state index is 0.298. The lowest BCUT2D eigenvalue weighted by Gasteiger charge is -2.13. The van der Waals surface area contributed by atoms with E-state index < -0.39 is 5.91 Å². The van der Waals surface area contributed by atoms with Gasteiger partial charge < -0.3 is 16.4 Å². The number of carbonyl (C=O) groups excluding carboxylic acids is 1. The number of hydrogen-bond donors (Lipinski definition) is 3. The van der Waals surface area contributed by atoms with E-state index in [2.05, 4.69) is 10.6 Å². The van der Waals surface area contributed by atoms with Gasteiger partial charge in [0.1, 0.15) is 5.82 Å². The molecule has 0 aliphatic rings. The average Bonchev–Trinajstić information content (AvgIpc) is 2.44. The summed E-state index contributed by atoms with van der Waals surface area (Å²) in [5.74, 6) is -0.786. The van der Waals surface area contributed by atoms with Gasteiger partial charge in [-0.05, 0) is 55.5 Å². The molecule has 108 valence electrons. The number of carbonyl (C=O) groups is 1. The van der Waals surface area contributed by atoms with E-state index in [-0.39, 0.29) is 5.82 Å². The minimum atomic E-state index is -0.488. The van der Waals surface area contributed by atoms with Crippen molar-refractivity contribution in [2.24, 2.45) is 5.73 Å². The van der Waals surface area contributed by atoms with E-state index in [1.165, 1.54) is 6.07 Å². The third-order valence-electron chi connectivity index (χ3n) is 2.94. The van der Waals surface area contributed by atoms with E-state index in [9.17, 15) is 9.18 Å². The predicted octanol–water partition coefficient (Wildman–Crippen LogP) is 3.04. The van der Waals surface area contributed by atoms with Crippen molar-refractivity contribution in [3.05, 3.63) is 59.4 Å². The van der Waals surface area contributed by atoms with E-state index in [1.54, 1.807) is 43.3 Å². The summed E-state index contributed by atoms with van der Waals surface area (Å²) in [6.07, 6.45) is 0. The highest BCUT2D eigenvalue weighted by atomic mass is 32.1. The van der Waals surface area contributed by atoms with Crippen molar-refractivity contribution in [3.63, 3.8) is 0 Å². The van der Waals surface area contributed by atoms with Crippen molar-refractivity contribution in [2.45, 2.75) is 6.92 Å². The molecular weight excluding hydrogens is 289 g/mol. The summed E-state index contributed by atoms with van der Waals surface area (Å²) in [5, 5.41) is 6.20. The number of nitrogens with two attached hydrogens (primary N) is 1. The van der Waals surface area contributed by atoms with Crippen molar-refractivity contribution < 1.29 is 9.18 Å². The smallest absolute Gasteiger partial charge is 0.248 e. The van der Waals surface area contributed by atoms with E-state index in [1.807, 2.05) is 0 Å². The van der Waals surface area contributed by atoms with Crippen LogP contribution < -0.4 is 16.4 Å². The van der Waals surface area contributed by atoms with Crippen LogP contribution in [0.1, 0.15) is 15.9 Å². The molecule has 0 saturated carbocycles. The Morgan fingerprint density at radius 1 is 1.14 bits per heavy atom. The Morgan fingerprint density at radius 2 is 1.81 bits per heavy atom. The molecule has 0 fully saturated rings. The molecule has 2 aromatic rings. The second-order valence-electron chi connectivity index (χ2n) is 4.43. The second-order valence-corrected chi connectivity index (χ2v) is 4.84. The first-order valence-corrected chi connectivity index (χ1v) is 6.61. The van der Waals surface area contributed by atoms with Crippen LogP contribution in [0.25, 0.3) is 0 Å². The fourth-order valence-corrected chi connectivity index (χ4v) is 1.97. The first kappa shape index (κ1) is 14.9. The normalized spacial score (nSPS) is 10.0. The van der Waals surface area contributed by atoms with Gasteiger partial charge in [0.25, 0.3) is 0 Å². The van der Waals surface area contributed by atoms with E-state index >= 15 is 0 Å². The van der Waals surface area contributed by atoms with Gasteiger partial charge in [-0.1, -0.05) is 6.07 Å². The largest absolute Gasteiger partial charge is 0.366 e. The summed E-state index contributed by atoms with van der Waals surface area (Å²) in [7, 11) is 0. The highest BCUT2D eigenvalue weighted by Crippen LogP contribution is 2.18. The number of hydrogen-bond acceptors (Lipinski definition) is 2. The topological polar surface area (TPSA) is 67.2 Å². The van der Waals surface area contributed by atoms with Gasteiger partial charge in [-0.2, -0.15) is 0 Å². The number of rotatable bonds is 3. The molecule has 1 amide bonds. The third-order valence-corrected chi connectivity index (χ3v) is 3.15. The molecule has 4 N–H and O–H groups in total. The molecule has 21 heavy (non-hydrogen) atoms. The Labute approximate surface area is 127 Å². The molecular formula is C15H14FN3OS. The Balaban J connectivity index is 2.04. The lowest BCUT2D eigenvalue weighted by molar-refractivity contribution is 0.100. The van der Waals surface area contributed by atoms with E-state index in [4.69, 9.17) is 18.0 Å². The summed E-state index contributed by atoms with van der Waals surface area (Å²) in [5.41, 5.74) is 7.37. The van der Waals surface area contributed by atoms with Gasteiger partial charge in [0, 0.05) is 22.5 Å². The van der Waals surface area contributed by atoms with Crippen molar-refractivity contribution in [3.8, 4) is 0 Å². The van der Waals surface area contributed by atoms with Gasteiger partial charge in [-0.25, -0.2) is 4.39 Å². The molecule has 0 radical (unpaired) electrons. The molecule has 0 heterocycles. The van der Waals surface area contributed by atoms with Crippen molar-refractivity contribution in [1.82, 2.24) is 0 Å². The maximum absolute atomic E-state index is 13.4. The molecule has 0 spiro atoms. The maximum Gasteiger partial charge on any atom is 0.248 e. The zero-order valence-corrected chi connectivity index (χ0v) is 12.1. The molecule has 0 atom stereocenters. The van der Waals surface area contributed by atoms with Gasteiger partial charge in [-0.3, -0.25) is 4.79 Å². The highest BCUT2D eigenvalue weighted by Gasteiger charge is 2.06. The van der Waals surface area contributed by atoms with Gasteiger partial charge in [-0.15, -0.1) is 0 Å². The maximum atomic E-state index is 13.4. The lowest BCUT2D eigenvalue weighted by atomic mass is 10.2. The highest BCUT2D eigenvalue weighted by molar-refractivity contribution is 7.80. The predicted molar refractivity (Wildman–Crippen MR) is 85.9 cm³/mol. The zero-order valence-electron chi connectivity index (χ0n) is 11.3. The van der Waals surface area contributed by atoms with Gasteiger partial charge >= 0.3 is 0 Å². The minimum Gasteiger partial charge on any atom is -0.366 e. The van der Waals surface area contributed by atoms with Crippen molar-refractivity contribution in [2.75, 3.05) is 10.6 Å². The monoisotopic (exact) mass is 303 g/mol. The number of anilines is 2. The van der Waals surface area contributed by atoms with Crippen LogP contribution in [0.4, 0.5) is 15.8 Å². The summed E-state index contributed by atoms with van der Waals surface area (Å²) in [6, 6.07) is 11.3. The number of amides is 1. The van der Waals surface area contributed by atoms with Crippen LogP contribution >= 0.6 is 12.2 Å². The first-order chi connectivity index (χ1) is 9.97. The Morgan fingerprint density at radius 3 is 2.43 bits per heavy atom. The van der Waals surface area contributed by atoms with Crippen LogP contribution in [0.5, 0.6) is 0 Å². The summed E-state index contributed by atoms with van der Waals surface area (Å²) in [4.78, 5) is 11.0. The van der Waals surface area contributed by atoms with Crippen molar-refractivity contribution in [1.29, 1.82) is 0 Å². The lowest BCUT2D eigenvalue weighted by Crippen LogP contribution is -2.20. The van der Waals surface area contributed by atoms with Gasteiger partial charge in [0.15, 0.2) is 5.11 Å². The molecule has 2 aromatic carbocycles. The number of nitrogens with one attached hydrogen (secondary N) is 2.